The number of rotatable bonds is 8. The van der Waals surface area contributed by atoms with Crippen LogP contribution in [-0.4, -0.2) is 48.7 Å². The van der Waals surface area contributed by atoms with Crippen molar-refractivity contribution in [1.29, 1.82) is 0 Å². The zero-order chi connectivity index (χ0) is 20.9. The first-order valence-corrected chi connectivity index (χ1v) is 12.4. The van der Waals surface area contributed by atoms with Crippen molar-refractivity contribution in [1.82, 2.24) is 9.62 Å². The smallest absolute Gasteiger partial charge is 0.285 e. The van der Waals surface area contributed by atoms with Crippen molar-refractivity contribution in [2.75, 3.05) is 26.4 Å². The monoisotopic (exact) mass is 450 g/mol. The van der Waals surface area contributed by atoms with E-state index in [1.54, 1.807) is 14.1 Å². The lowest BCUT2D eigenvalue weighted by atomic mass is 9.87. The first kappa shape index (κ1) is 22.9. The predicted octanol–water partition coefficient (Wildman–Crippen LogP) is 2.45. The Balaban J connectivity index is 2.23. The molecular formula is C17H27ClN4O4S2. The zero-order valence-corrected chi connectivity index (χ0v) is 18.4. The van der Waals surface area contributed by atoms with Crippen molar-refractivity contribution < 1.29 is 16.8 Å². The van der Waals surface area contributed by atoms with Crippen molar-refractivity contribution in [2.24, 2.45) is 10.3 Å². The number of anilines is 1. The highest BCUT2D eigenvalue weighted by molar-refractivity contribution is 7.91. The number of hydrogen-bond acceptors (Lipinski definition) is 5. The molecule has 0 bridgehead atoms. The van der Waals surface area contributed by atoms with Crippen LogP contribution in [0.25, 0.3) is 0 Å². The number of hydrogen-bond donors (Lipinski definition) is 2. The van der Waals surface area contributed by atoms with E-state index < -0.39 is 24.9 Å². The summed E-state index contributed by atoms with van der Waals surface area (Å²) in [6.07, 6.45) is 7.64. The molecule has 1 saturated carbocycles. The molecule has 0 spiro atoms. The number of nitrogens with two attached hydrogens (primary N) is 1. The van der Waals surface area contributed by atoms with E-state index in [9.17, 15) is 16.8 Å². The van der Waals surface area contributed by atoms with Gasteiger partial charge in [-0.1, -0.05) is 43.7 Å². The largest absolute Gasteiger partial charge is 0.398 e. The summed E-state index contributed by atoms with van der Waals surface area (Å²) >= 11 is 6.00. The molecular weight excluding hydrogens is 424 g/mol. The lowest BCUT2D eigenvalue weighted by molar-refractivity contribution is 0.339. The molecule has 1 fully saturated rings. The molecule has 0 aliphatic heterocycles. The summed E-state index contributed by atoms with van der Waals surface area (Å²) < 4.78 is 56.2. The highest BCUT2D eigenvalue weighted by Crippen LogP contribution is 2.31. The average Bonchev–Trinajstić information content (AvgIpc) is 2.60. The summed E-state index contributed by atoms with van der Waals surface area (Å²) in [6.45, 7) is 0.274. The van der Waals surface area contributed by atoms with Gasteiger partial charge in [-0.25, -0.2) is 13.1 Å². The van der Waals surface area contributed by atoms with Gasteiger partial charge in [-0.2, -0.15) is 8.42 Å². The van der Waals surface area contributed by atoms with Crippen LogP contribution in [0.15, 0.2) is 26.3 Å². The quantitative estimate of drug-likeness (QED) is 0.356. The van der Waals surface area contributed by atoms with Gasteiger partial charge in [-0.3, -0.25) is 0 Å². The predicted molar refractivity (Wildman–Crippen MR) is 112 cm³/mol. The Kier molecular flexibility index (Phi) is 7.72. The number of halogens is 1. The van der Waals surface area contributed by atoms with E-state index in [1.165, 1.54) is 24.2 Å². The fraction of sp³-hybridized carbons (Fsp3) is 0.588. The molecule has 0 saturated heterocycles. The van der Waals surface area contributed by atoms with Crippen molar-refractivity contribution in [3.8, 4) is 0 Å². The summed E-state index contributed by atoms with van der Waals surface area (Å²) in [6, 6.07) is 2.08. The van der Waals surface area contributed by atoms with Crippen molar-refractivity contribution in [2.45, 2.75) is 48.3 Å². The maximum absolute atomic E-state index is 12.7. The van der Waals surface area contributed by atoms with Crippen LogP contribution >= 0.6 is 11.6 Å². The van der Waals surface area contributed by atoms with E-state index >= 15 is 0 Å². The van der Waals surface area contributed by atoms with Gasteiger partial charge in [0.05, 0.1) is 10.7 Å². The minimum Gasteiger partial charge on any atom is -0.398 e. The molecule has 0 heterocycles. The topological polar surface area (TPSA) is 122 Å². The Labute approximate surface area is 172 Å². The zero-order valence-electron chi connectivity index (χ0n) is 16.1. The average molecular weight is 451 g/mol. The van der Waals surface area contributed by atoms with E-state index in [-0.39, 0.29) is 22.2 Å². The Morgan fingerprint density at radius 3 is 2.43 bits per heavy atom. The molecule has 0 unspecified atom stereocenters. The minimum absolute atomic E-state index is 0.120. The van der Waals surface area contributed by atoms with E-state index in [1.807, 2.05) is 0 Å². The molecule has 3 N–H and O–H groups in total. The van der Waals surface area contributed by atoms with Crippen molar-refractivity contribution >= 4 is 43.7 Å². The molecule has 0 atom stereocenters. The summed E-state index contributed by atoms with van der Waals surface area (Å²) in [4.78, 5) is 0.709. The SMILES string of the molecule is CN(C)C=NS(=O)(=O)c1cc(S(=O)(=O)NCCC2CCCCC2)c(N)cc1Cl. The van der Waals surface area contributed by atoms with Gasteiger partial charge in [0.2, 0.25) is 10.0 Å². The molecule has 0 aromatic heterocycles. The minimum atomic E-state index is -4.18. The van der Waals surface area contributed by atoms with Crippen LogP contribution in [0.1, 0.15) is 38.5 Å². The third kappa shape index (κ3) is 6.07. The number of benzene rings is 1. The molecule has 1 aromatic rings. The first-order valence-electron chi connectivity index (χ1n) is 9.08. The van der Waals surface area contributed by atoms with Gasteiger partial charge >= 0.3 is 0 Å². The standard InChI is InChI=1S/C17H27ClN4O4S2/c1-22(2)12-21-27(23,24)16-11-17(15(19)10-14(16)18)28(25,26)20-9-8-13-6-4-3-5-7-13/h10-13,20H,3-9,19H2,1-2H3. The Bertz CT molecular complexity index is 925. The second kappa shape index (κ2) is 9.43. The molecule has 1 aromatic carbocycles. The summed E-state index contributed by atoms with van der Waals surface area (Å²) in [5, 5.41) is -0.186. The normalized spacial score (nSPS) is 16.5. The van der Waals surface area contributed by atoms with Gasteiger partial charge in [0.1, 0.15) is 16.1 Å². The van der Waals surface area contributed by atoms with Crippen LogP contribution in [-0.2, 0) is 20.0 Å². The fourth-order valence-electron chi connectivity index (χ4n) is 3.14. The molecule has 28 heavy (non-hydrogen) atoms. The van der Waals surface area contributed by atoms with E-state index in [2.05, 4.69) is 9.12 Å². The Morgan fingerprint density at radius 2 is 1.82 bits per heavy atom. The summed E-state index contributed by atoms with van der Waals surface area (Å²) in [5.41, 5.74) is 5.69. The van der Waals surface area contributed by atoms with E-state index in [4.69, 9.17) is 17.3 Å². The molecule has 8 nitrogen and oxygen atoms in total. The second-order valence-corrected chi connectivity index (χ2v) is 10.9. The van der Waals surface area contributed by atoms with Crippen LogP contribution in [0.5, 0.6) is 0 Å². The van der Waals surface area contributed by atoms with Gasteiger partial charge in [0, 0.05) is 20.6 Å². The lowest BCUT2D eigenvalue weighted by Crippen LogP contribution is -2.27. The second-order valence-electron chi connectivity index (χ2n) is 7.17. The van der Waals surface area contributed by atoms with E-state index in [0.29, 0.717) is 5.92 Å². The first-order chi connectivity index (χ1) is 13.0. The number of sulfonamides is 2. The molecule has 158 valence electrons. The van der Waals surface area contributed by atoms with Crippen LogP contribution in [0.3, 0.4) is 0 Å². The van der Waals surface area contributed by atoms with Crippen molar-refractivity contribution in [3.05, 3.63) is 17.2 Å². The molecule has 0 amide bonds. The van der Waals surface area contributed by atoms with E-state index in [0.717, 1.165) is 37.7 Å². The molecule has 0 radical (unpaired) electrons. The van der Waals surface area contributed by atoms with Gasteiger partial charge in [0.15, 0.2) is 0 Å². The van der Waals surface area contributed by atoms with Gasteiger partial charge in [0.25, 0.3) is 10.0 Å². The lowest BCUT2D eigenvalue weighted by Gasteiger charge is -2.21. The van der Waals surface area contributed by atoms with Crippen LogP contribution in [0.4, 0.5) is 5.69 Å². The van der Waals surface area contributed by atoms with Gasteiger partial charge < -0.3 is 10.6 Å². The molecule has 1 aliphatic carbocycles. The van der Waals surface area contributed by atoms with Crippen LogP contribution in [0, 0.1) is 5.92 Å². The highest BCUT2D eigenvalue weighted by Gasteiger charge is 2.25. The Morgan fingerprint density at radius 1 is 1.18 bits per heavy atom. The highest BCUT2D eigenvalue weighted by atomic mass is 35.5. The van der Waals surface area contributed by atoms with Crippen LogP contribution in [0.2, 0.25) is 5.02 Å². The third-order valence-corrected chi connectivity index (χ3v) is 7.82. The molecule has 11 heteroatoms. The molecule has 1 aliphatic rings. The van der Waals surface area contributed by atoms with Crippen LogP contribution < -0.4 is 10.5 Å². The Hall–Kier alpha value is -1.36. The van der Waals surface area contributed by atoms with Crippen molar-refractivity contribution in [3.63, 3.8) is 0 Å². The fourth-order valence-corrected chi connectivity index (χ4v) is 5.87. The summed E-state index contributed by atoms with van der Waals surface area (Å²) in [5.74, 6) is 0.510. The third-order valence-electron chi connectivity index (χ3n) is 4.62. The number of nitrogens with one attached hydrogen (secondary N) is 1. The van der Waals surface area contributed by atoms with Gasteiger partial charge in [-0.15, -0.1) is 4.40 Å². The summed E-state index contributed by atoms with van der Waals surface area (Å²) in [7, 11) is -4.94. The number of nitrogens with zero attached hydrogens (tertiary/aromatic N) is 2. The number of nitrogen functional groups attached to an aromatic ring is 1. The maximum atomic E-state index is 12.7. The molecule has 2 rings (SSSR count). The van der Waals surface area contributed by atoms with Gasteiger partial charge in [-0.05, 0) is 24.5 Å². The maximum Gasteiger partial charge on any atom is 0.285 e.